The van der Waals surface area contributed by atoms with Crippen LogP contribution in [-0.2, 0) is 9.59 Å². The van der Waals surface area contributed by atoms with Gasteiger partial charge in [0.05, 0.1) is 17.2 Å². The van der Waals surface area contributed by atoms with E-state index in [2.05, 4.69) is 17.1 Å². The van der Waals surface area contributed by atoms with Crippen LogP contribution in [0.1, 0.15) is 42.1 Å². The van der Waals surface area contributed by atoms with Crippen LogP contribution in [0, 0.1) is 25.2 Å². The standard InChI is InChI=1S/C22H22N2O2S/c1-12-5-7-14(8-6-12)19-13(2)27-21(24-19)16-9-15-17(23-20(16)26)10-22(3,4)11-18(15)25/h5-9,15H,10-11H2,1-4H3. The number of fused-ring (bicyclic) bond motifs is 1. The first kappa shape index (κ1) is 18.0. The van der Waals surface area contributed by atoms with Crippen LogP contribution in [0.5, 0.6) is 0 Å². The molecule has 1 aliphatic heterocycles. The lowest BCUT2D eigenvalue weighted by molar-refractivity contribution is -0.122. The Hall–Kier alpha value is -2.40. The van der Waals surface area contributed by atoms with Crippen LogP contribution >= 0.6 is 11.3 Å². The predicted molar refractivity (Wildman–Crippen MR) is 109 cm³/mol. The molecule has 0 radical (unpaired) electrons. The molecular weight excluding hydrogens is 356 g/mol. The molecule has 1 unspecified atom stereocenters. The van der Waals surface area contributed by atoms with Gasteiger partial charge in [0.2, 0.25) is 0 Å². The molecule has 1 amide bonds. The van der Waals surface area contributed by atoms with E-state index in [4.69, 9.17) is 4.98 Å². The summed E-state index contributed by atoms with van der Waals surface area (Å²) in [5.41, 5.74) is 4.14. The number of Topliss-reactive ketones (excluding diaryl/α,β-unsaturated/α-hetero) is 1. The zero-order chi connectivity index (χ0) is 19.3. The predicted octanol–water partition coefficient (Wildman–Crippen LogP) is 4.80. The van der Waals surface area contributed by atoms with Crippen LogP contribution in [0.25, 0.3) is 16.8 Å². The number of aromatic nitrogens is 1. The lowest BCUT2D eigenvalue weighted by Gasteiger charge is -2.34. The Morgan fingerprint density at radius 2 is 1.78 bits per heavy atom. The molecule has 2 aromatic rings. The maximum atomic E-state index is 12.7. The second kappa shape index (κ2) is 6.34. The monoisotopic (exact) mass is 378 g/mol. The smallest absolute Gasteiger partial charge is 0.279 e. The highest BCUT2D eigenvalue weighted by atomic mass is 32.1. The van der Waals surface area contributed by atoms with Gasteiger partial charge < -0.3 is 0 Å². The van der Waals surface area contributed by atoms with Crippen molar-refractivity contribution < 1.29 is 9.59 Å². The van der Waals surface area contributed by atoms with E-state index in [0.717, 1.165) is 16.1 Å². The van der Waals surface area contributed by atoms with E-state index in [1.54, 1.807) is 6.08 Å². The van der Waals surface area contributed by atoms with Crippen LogP contribution < -0.4 is 0 Å². The summed E-state index contributed by atoms with van der Waals surface area (Å²) in [5, 5.41) is 0.647. The van der Waals surface area contributed by atoms with Gasteiger partial charge in [-0.05, 0) is 25.7 Å². The van der Waals surface area contributed by atoms with Crippen LogP contribution in [0.4, 0.5) is 0 Å². The molecule has 1 fully saturated rings. The molecule has 27 heavy (non-hydrogen) atoms. The number of aliphatic imine (C=N–C) groups is 1. The number of benzene rings is 1. The van der Waals surface area contributed by atoms with E-state index in [1.807, 2.05) is 39.8 Å². The molecule has 5 heteroatoms. The van der Waals surface area contributed by atoms with Crippen molar-refractivity contribution in [1.29, 1.82) is 0 Å². The SMILES string of the molecule is Cc1ccc(-c2nc(C3=CC4C(=O)CC(C)(C)CC4=NC3=O)sc2C)cc1. The Bertz CT molecular complexity index is 1010. The Morgan fingerprint density at radius 1 is 1.07 bits per heavy atom. The molecule has 4 nitrogen and oxygen atoms in total. The van der Waals surface area contributed by atoms with Gasteiger partial charge in [-0.25, -0.2) is 9.98 Å². The number of dihydropyridines is 1. The van der Waals surface area contributed by atoms with Gasteiger partial charge in [-0.15, -0.1) is 11.3 Å². The minimum Gasteiger partial charge on any atom is -0.299 e. The quantitative estimate of drug-likeness (QED) is 0.754. The zero-order valence-electron chi connectivity index (χ0n) is 16.0. The largest absolute Gasteiger partial charge is 0.299 e. The van der Waals surface area contributed by atoms with Crippen molar-refractivity contribution in [3.63, 3.8) is 0 Å². The van der Waals surface area contributed by atoms with Gasteiger partial charge in [0.1, 0.15) is 10.8 Å². The lowest BCUT2D eigenvalue weighted by Crippen LogP contribution is -2.39. The summed E-state index contributed by atoms with van der Waals surface area (Å²) in [6, 6.07) is 8.19. The van der Waals surface area contributed by atoms with Gasteiger partial charge in [0.15, 0.2) is 0 Å². The first-order valence-electron chi connectivity index (χ1n) is 9.15. The third-order valence-electron chi connectivity index (χ3n) is 5.18. The molecular formula is C22H22N2O2S. The molecule has 1 aromatic heterocycles. The molecule has 2 aliphatic rings. The Labute approximate surface area is 163 Å². The number of thiazole rings is 1. The maximum Gasteiger partial charge on any atom is 0.279 e. The minimum absolute atomic E-state index is 0.131. The number of hydrogen-bond donors (Lipinski definition) is 0. The molecule has 1 saturated carbocycles. The summed E-state index contributed by atoms with van der Waals surface area (Å²) in [5.74, 6) is -0.518. The van der Waals surface area contributed by atoms with Gasteiger partial charge >= 0.3 is 0 Å². The zero-order valence-corrected chi connectivity index (χ0v) is 16.8. The number of aryl methyl sites for hydroxylation is 2. The Balaban J connectivity index is 1.71. The second-order valence-corrected chi connectivity index (χ2v) is 9.44. The molecule has 1 aromatic carbocycles. The van der Waals surface area contributed by atoms with Crippen molar-refractivity contribution in [2.24, 2.45) is 16.3 Å². The van der Waals surface area contributed by atoms with Crippen LogP contribution in [0.15, 0.2) is 35.3 Å². The summed E-state index contributed by atoms with van der Waals surface area (Å²) < 4.78 is 0. The van der Waals surface area contributed by atoms with Crippen molar-refractivity contribution in [3.05, 3.63) is 45.8 Å². The number of hydrogen-bond acceptors (Lipinski definition) is 4. The topological polar surface area (TPSA) is 59.4 Å². The summed E-state index contributed by atoms with van der Waals surface area (Å²) in [6.45, 7) is 8.15. The number of amides is 1. The molecule has 0 bridgehead atoms. The van der Waals surface area contributed by atoms with Gasteiger partial charge in [0, 0.05) is 22.6 Å². The van der Waals surface area contributed by atoms with Crippen LogP contribution in [-0.4, -0.2) is 22.4 Å². The minimum atomic E-state index is -0.377. The number of rotatable bonds is 2. The van der Waals surface area contributed by atoms with Gasteiger partial charge in [-0.1, -0.05) is 49.8 Å². The molecule has 1 atom stereocenters. The van der Waals surface area contributed by atoms with Gasteiger partial charge in [-0.3, -0.25) is 9.59 Å². The first-order valence-corrected chi connectivity index (χ1v) is 9.96. The highest BCUT2D eigenvalue weighted by Gasteiger charge is 2.40. The number of carbonyl (C=O) groups excluding carboxylic acids is 2. The molecule has 2 heterocycles. The average Bonchev–Trinajstić information content (AvgIpc) is 2.95. The third kappa shape index (κ3) is 3.32. The highest BCUT2D eigenvalue weighted by molar-refractivity contribution is 7.13. The second-order valence-electron chi connectivity index (χ2n) is 8.24. The normalized spacial score (nSPS) is 21.6. The van der Waals surface area contributed by atoms with E-state index in [9.17, 15) is 9.59 Å². The third-order valence-corrected chi connectivity index (χ3v) is 6.18. The Morgan fingerprint density at radius 3 is 2.48 bits per heavy atom. The number of carbonyl (C=O) groups is 2. The average molecular weight is 378 g/mol. The van der Waals surface area contributed by atoms with E-state index in [-0.39, 0.29) is 23.0 Å². The Kier molecular flexibility index (Phi) is 4.22. The molecule has 4 rings (SSSR count). The van der Waals surface area contributed by atoms with E-state index < -0.39 is 0 Å². The fraction of sp³-hybridized carbons (Fsp3) is 0.364. The summed E-state index contributed by atoms with van der Waals surface area (Å²) in [7, 11) is 0. The fourth-order valence-electron chi connectivity index (χ4n) is 3.81. The van der Waals surface area contributed by atoms with Crippen molar-refractivity contribution in [2.45, 2.75) is 40.5 Å². The van der Waals surface area contributed by atoms with Crippen molar-refractivity contribution >= 4 is 34.3 Å². The summed E-state index contributed by atoms with van der Waals surface area (Å²) in [4.78, 5) is 35.3. The number of allylic oxidation sites excluding steroid dienone is 1. The van der Waals surface area contributed by atoms with Crippen LogP contribution in [0.3, 0.4) is 0 Å². The summed E-state index contributed by atoms with van der Waals surface area (Å²) >= 11 is 1.48. The fourth-order valence-corrected chi connectivity index (χ4v) is 4.76. The molecule has 0 spiro atoms. The van der Waals surface area contributed by atoms with Crippen molar-refractivity contribution in [3.8, 4) is 11.3 Å². The van der Waals surface area contributed by atoms with E-state index in [1.165, 1.54) is 16.9 Å². The molecule has 138 valence electrons. The highest BCUT2D eigenvalue weighted by Crippen LogP contribution is 2.39. The van der Waals surface area contributed by atoms with Gasteiger partial charge in [0.25, 0.3) is 5.91 Å². The first-order chi connectivity index (χ1) is 12.7. The van der Waals surface area contributed by atoms with Crippen LogP contribution in [0.2, 0.25) is 0 Å². The number of ketones is 1. The van der Waals surface area contributed by atoms with Crippen molar-refractivity contribution in [2.75, 3.05) is 0 Å². The molecule has 0 saturated heterocycles. The molecule has 1 aliphatic carbocycles. The van der Waals surface area contributed by atoms with E-state index in [0.29, 0.717) is 29.1 Å². The lowest BCUT2D eigenvalue weighted by atomic mass is 9.70. The number of nitrogens with zero attached hydrogens (tertiary/aromatic N) is 2. The van der Waals surface area contributed by atoms with Gasteiger partial charge in [-0.2, -0.15) is 0 Å². The summed E-state index contributed by atoms with van der Waals surface area (Å²) in [6.07, 6.45) is 2.99. The molecule has 0 N–H and O–H groups in total. The van der Waals surface area contributed by atoms with Crippen molar-refractivity contribution in [1.82, 2.24) is 4.98 Å². The maximum absolute atomic E-state index is 12.7. The van der Waals surface area contributed by atoms with E-state index >= 15 is 0 Å².